The molecule has 156 valence electrons. The highest BCUT2D eigenvalue weighted by molar-refractivity contribution is 6.03. The number of aliphatic hydroxyl groups is 1. The lowest BCUT2D eigenvalue weighted by Crippen LogP contribution is -2.53. The number of nitrogens with zero attached hydrogens (tertiary/aromatic N) is 1. The van der Waals surface area contributed by atoms with Gasteiger partial charge in [-0.05, 0) is 24.6 Å². The number of hydrogen-bond acceptors (Lipinski definition) is 5. The number of aliphatic hydroxyl groups excluding tert-OH is 1. The molecule has 0 saturated carbocycles. The lowest BCUT2D eigenvalue weighted by Gasteiger charge is -2.44. The number of halogens is 1. The molecule has 0 aliphatic carbocycles. The molecule has 2 aromatic carbocycles. The predicted octanol–water partition coefficient (Wildman–Crippen LogP) is 4.25. The van der Waals surface area contributed by atoms with Gasteiger partial charge in [-0.25, -0.2) is 9.18 Å². The molecular weight excluding hydrogens is 389 g/mol. The number of fused-ring (bicyclic) bond motifs is 1. The molecule has 2 aromatic rings. The summed E-state index contributed by atoms with van der Waals surface area (Å²) in [6.07, 6.45) is 0.110. The summed E-state index contributed by atoms with van der Waals surface area (Å²) in [5, 5.41) is 10.7. The zero-order valence-electron chi connectivity index (χ0n) is 16.6. The summed E-state index contributed by atoms with van der Waals surface area (Å²) < 4.78 is 25.7. The Bertz CT molecular complexity index is 1010. The molecule has 2 aliphatic heterocycles. The molecule has 1 fully saturated rings. The summed E-state index contributed by atoms with van der Waals surface area (Å²) in [6.45, 7) is 2.05. The zero-order chi connectivity index (χ0) is 21.3. The average molecular weight is 411 g/mol. The van der Waals surface area contributed by atoms with E-state index in [9.17, 15) is 19.1 Å². The van der Waals surface area contributed by atoms with Crippen LogP contribution in [0, 0.1) is 5.82 Å². The van der Waals surface area contributed by atoms with Gasteiger partial charge in [-0.2, -0.15) is 0 Å². The predicted molar refractivity (Wildman–Crippen MR) is 107 cm³/mol. The summed E-state index contributed by atoms with van der Waals surface area (Å²) in [4.78, 5) is 26.4. The minimum absolute atomic E-state index is 0.0532. The number of Topliss-reactive ketones (excluding diaryl/α,β-unsaturated/α-hetero) is 1. The van der Waals surface area contributed by atoms with Crippen molar-refractivity contribution >= 4 is 17.6 Å². The molecular formula is C23H22FNO5. The van der Waals surface area contributed by atoms with E-state index in [4.69, 9.17) is 9.47 Å². The summed E-state index contributed by atoms with van der Waals surface area (Å²) in [5.74, 6) is -1.23. The number of piperidine rings is 1. The van der Waals surface area contributed by atoms with Gasteiger partial charge in [0.25, 0.3) is 0 Å². The van der Waals surface area contributed by atoms with Gasteiger partial charge in [0.1, 0.15) is 29.5 Å². The van der Waals surface area contributed by atoms with Gasteiger partial charge in [0, 0.05) is 25.9 Å². The number of rotatable bonds is 3. The SMILES string of the molecule is CC(=O)C1=C(O)c2c(F)cccc2OC12CCN(C(=O)OCc1ccccc1)CC2. The number of amides is 1. The topological polar surface area (TPSA) is 76.1 Å². The Balaban J connectivity index is 1.51. The van der Waals surface area contributed by atoms with E-state index in [-0.39, 0.29) is 61.0 Å². The fourth-order valence-electron chi connectivity index (χ4n) is 4.12. The van der Waals surface area contributed by atoms with E-state index in [1.165, 1.54) is 19.1 Å². The number of ketones is 1. The Labute approximate surface area is 173 Å². The maximum absolute atomic E-state index is 14.3. The number of carbonyl (C=O) groups is 2. The monoisotopic (exact) mass is 411 g/mol. The molecule has 6 nitrogen and oxygen atoms in total. The fraction of sp³-hybridized carbons (Fsp3) is 0.304. The van der Waals surface area contributed by atoms with Crippen LogP contribution in [-0.4, -0.2) is 40.6 Å². The first-order valence-corrected chi connectivity index (χ1v) is 9.79. The van der Waals surface area contributed by atoms with Crippen molar-refractivity contribution in [2.75, 3.05) is 13.1 Å². The minimum atomic E-state index is -1.10. The smallest absolute Gasteiger partial charge is 0.410 e. The van der Waals surface area contributed by atoms with Gasteiger partial charge in [0.05, 0.1) is 11.1 Å². The Hall–Kier alpha value is -3.35. The highest BCUT2D eigenvalue weighted by Crippen LogP contribution is 2.45. The largest absolute Gasteiger partial charge is 0.506 e. The number of benzene rings is 2. The molecule has 0 aromatic heterocycles. The van der Waals surface area contributed by atoms with Gasteiger partial charge < -0.3 is 19.5 Å². The van der Waals surface area contributed by atoms with Gasteiger partial charge in [0.15, 0.2) is 5.78 Å². The molecule has 0 bridgehead atoms. The van der Waals surface area contributed by atoms with E-state index in [0.29, 0.717) is 0 Å². The molecule has 1 spiro atoms. The lowest BCUT2D eigenvalue weighted by atomic mass is 9.78. The van der Waals surface area contributed by atoms with Crippen LogP contribution in [0.4, 0.5) is 9.18 Å². The number of hydrogen-bond donors (Lipinski definition) is 1. The second-order valence-electron chi connectivity index (χ2n) is 7.52. The summed E-state index contributed by atoms with van der Waals surface area (Å²) in [7, 11) is 0. The van der Waals surface area contributed by atoms with Crippen molar-refractivity contribution in [3.05, 3.63) is 71.0 Å². The second kappa shape index (κ2) is 7.82. The second-order valence-corrected chi connectivity index (χ2v) is 7.52. The van der Waals surface area contributed by atoms with Crippen LogP contribution in [0.5, 0.6) is 5.75 Å². The van der Waals surface area contributed by atoms with E-state index >= 15 is 0 Å². The molecule has 0 unspecified atom stereocenters. The van der Waals surface area contributed by atoms with Crippen LogP contribution in [0.15, 0.2) is 54.1 Å². The van der Waals surface area contributed by atoms with Crippen molar-refractivity contribution in [1.82, 2.24) is 4.90 Å². The van der Waals surface area contributed by atoms with Crippen LogP contribution < -0.4 is 4.74 Å². The van der Waals surface area contributed by atoms with Crippen molar-refractivity contribution in [3.63, 3.8) is 0 Å². The van der Waals surface area contributed by atoms with Gasteiger partial charge in [-0.15, -0.1) is 0 Å². The number of carbonyl (C=O) groups excluding carboxylic acids is 2. The normalized spacial score (nSPS) is 17.3. The van der Waals surface area contributed by atoms with Crippen LogP contribution in [0.2, 0.25) is 0 Å². The van der Waals surface area contributed by atoms with Crippen LogP contribution >= 0.6 is 0 Å². The summed E-state index contributed by atoms with van der Waals surface area (Å²) in [5.41, 5.74) is -0.261. The standard InChI is InChI=1S/C23H22FNO5/c1-15(26)20-21(27)19-17(24)8-5-9-18(19)30-23(20)10-12-25(13-11-23)22(28)29-14-16-6-3-2-4-7-16/h2-9,27H,10-14H2,1H3. The quantitative estimate of drug-likeness (QED) is 0.817. The third kappa shape index (κ3) is 3.51. The van der Waals surface area contributed by atoms with E-state index in [0.717, 1.165) is 5.56 Å². The zero-order valence-corrected chi connectivity index (χ0v) is 16.6. The Morgan fingerprint density at radius 3 is 2.50 bits per heavy atom. The highest BCUT2D eigenvalue weighted by atomic mass is 19.1. The van der Waals surface area contributed by atoms with Crippen molar-refractivity contribution in [2.24, 2.45) is 0 Å². The van der Waals surface area contributed by atoms with Crippen molar-refractivity contribution < 1.29 is 28.6 Å². The van der Waals surface area contributed by atoms with Crippen LogP contribution in [0.1, 0.15) is 30.9 Å². The molecule has 2 heterocycles. The molecule has 0 atom stereocenters. The van der Waals surface area contributed by atoms with E-state index < -0.39 is 17.5 Å². The molecule has 7 heteroatoms. The van der Waals surface area contributed by atoms with Crippen LogP contribution in [-0.2, 0) is 16.1 Å². The summed E-state index contributed by atoms with van der Waals surface area (Å²) >= 11 is 0. The molecule has 1 amide bonds. The Morgan fingerprint density at radius 2 is 1.83 bits per heavy atom. The molecule has 0 radical (unpaired) electrons. The maximum Gasteiger partial charge on any atom is 0.410 e. The third-order valence-electron chi connectivity index (χ3n) is 5.60. The molecule has 1 N–H and O–H groups in total. The van der Waals surface area contributed by atoms with Gasteiger partial charge in [-0.3, -0.25) is 4.79 Å². The number of ether oxygens (including phenoxy) is 2. The van der Waals surface area contributed by atoms with Crippen LogP contribution in [0.3, 0.4) is 0 Å². The average Bonchev–Trinajstić information content (AvgIpc) is 2.73. The first-order chi connectivity index (χ1) is 14.4. The maximum atomic E-state index is 14.3. The first kappa shape index (κ1) is 19.9. The lowest BCUT2D eigenvalue weighted by molar-refractivity contribution is -0.116. The van der Waals surface area contributed by atoms with Gasteiger partial charge in [-0.1, -0.05) is 36.4 Å². The molecule has 4 rings (SSSR count). The summed E-state index contributed by atoms with van der Waals surface area (Å²) in [6, 6.07) is 13.6. The van der Waals surface area contributed by atoms with E-state index in [1.807, 2.05) is 30.3 Å². The Kier molecular flexibility index (Phi) is 5.20. The van der Waals surface area contributed by atoms with Crippen molar-refractivity contribution in [2.45, 2.75) is 32.0 Å². The van der Waals surface area contributed by atoms with E-state index in [2.05, 4.69) is 0 Å². The van der Waals surface area contributed by atoms with E-state index in [1.54, 1.807) is 11.0 Å². The third-order valence-corrected chi connectivity index (χ3v) is 5.60. The highest BCUT2D eigenvalue weighted by Gasteiger charge is 2.48. The minimum Gasteiger partial charge on any atom is -0.506 e. The molecule has 30 heavy (non-hydrogen) atoms. The molecule has 2 aliphatic rings. The molecule has 1 saturated heterocycles. The fourth-order valence-corrected chi connectivity index (χ4v) is 4.12. The van der Waals surface area contributed by atoms with Crippen LogP contribution in [0.25, 0.3) is 5.76 Å². The van der Waals surface area contributed by atoms with Crippen molar-refractivity contribution in [1.29, 1.82) is 0 Å². The Morgan fingerprint density at radius 1 is 1.13 bits per heavy atom. The first-order valence-electron chi connectivity index (χ1n) is 9.79. The number of likely N-dealkylation sites (tertiary alicyclic amines) is 1. The van der Waals surface area contributed by atoms with Gasteiger partial charge in [0.2, 0.25) is 0 Å². The van der Waals surface area contributed by atoms with Crippen molar-refractivity contribution in [3.8, 4) is 5.75 Å². The van der Waals surface area contributed by atoms with Gasteiger partial charge >= 0.3 is 6.09 Å².